The first-order chi connectivity index (χ1) is 13.7. The number of hydrogen-bond donors (Lipinski definition) is 0. The van der Waals surface area contributed by atoms with Crippen LogP contribution in [0.3, 0.4) is 0 Å². The van der Waals surface area contributed by atoms with Gasteiger partial charge in [-0.3, -0.25) is 4.98 Å². The van der Waals surface area contributed by atoms with Crippen molar-refractivity contribution < 1.29 is 4.74 Å². The van der Waals surface area contributed by atoms with Crippen LogP contribution < -0.4 is 4.74 Å². The minimum Gasteiger partial charge on any atom is -0.492 e. The van der Waals surface area contributed by atoms with E-state index in [-0.39, 0.29) is 0 Å². The molecule has 0 aliphatic carbocycles. The third kappa shape index (κ3) is 5.08. The van der Waals surface area contributed by atoms with Crippen LogP contribution in [-0.4, -0.2) is 37.1 Å². The van der Waals surface area contributed by atoms with Crippen LogP contribution in [0.1, 0.15) is 30.0 Å². The van der Waals surface area contributed by atoms with Gasteiger partial charge in [-0.1, -0.05) is 55.5 Å². The van der Waals surface area contributed by atoms with Crippen molar-refractivity contribution >= 4 is 11.1 Å². The van der Waals surface area contributed by atoms with Gasteiger partial charge in [0.25, 0.3) is 0 Å². The van der Waals surface area contributed by atoms with Gasteiger partial charge >= 0.3 is 0 Å². The van der Waals surface area contributed by atoms with E-state index in [4.69, 9.17) is 4.74 Å². The van der Waals surface area contributed by atoms with Crippen molar-refractivity contribution in [1.29, 1.82) is 0 Å². The van der Waals surface area contributed by atoms with E-state index in [9.17, 15) is 0 Å². The Morgan fingerprint density at radius 1 is 0.857 bits per heavy atom. The Morgan fingerprint density at radius 2 is 1.57 bits per heavy atom. The number of rotatable bonds is 8. The van der Waals surface area contributed by atoms with Gasteiger partial charge in [0.1, 0.15) is 12.4 Å². The molecule has 0 N–H and O–H groups in total. The topological polar surface area (TPSA) is 25.4 Å². The molecule has 0 amide bonds. The second-order valence-corrected chi connectivity index (χ2v) is 6.99. The van der Waals surface area contributed by atoms with Gasteiger partial charge in [0.05, 0.1) is 0 Å². The fourth-order valence-corrected chi connectivity index (χ4v) is 3.25. The van der Waals surface area contributed by atoms with Gasteiger partial charge in [0, 0.05) is 24.5 Å². The van der Waals surface area contributed by atoms with Crippen molar-refractivity contribution in [3.63, 3.8) is 0 Å². The van der Waals surface area contributed by atoms with Crippen LogP contribution in [0.2, 0.25) is 0 Å². The lowest BCUT2D eigenvalue weighted by Crippen LogP contribution is -2.19. The van der Waals surface area contributed by atoms with Gasteiger partial charge in [-0.25, -0.2) is 0 Å². The quantitative estimate of drug-likeness (QED) is 0.496. The maximum atomic E-state index is 5.86. The van der Waals surface area contributed by atoms with Crippen molar-refractivity contribution in [3.05, 3.63) is 95.8 Å². The van der Waals surface area contributed by atoms with Crippen LogP contribution in [0.4, 0.5) is 0 Å². The average Bonchev–Trinajstić information content (AvgIpc) is 2.73. The molecule has 28 heavy (non-hydrogen) atoms. The molecule has 0 atom stereocenters. The molecule has 3 rings (SSSR count). The molecule has 0 fully saturated rings. The lowest BCUT2D eigenvalue weighted by Gasteiger charge is -2.17. The molecule has 3 nitrogen and oxygen atoms in total. The zero-order valence-corrected chi connectivity index (χ0v) is 16.9. The van der Waals surface area contributed by atoms with Crippen molar-refractivity contribution in [2.45, 2.75) is 13.3 Å². The Balaban J connectivity index is 2.00. The molecule has 3 heteroatoms. The van der Waals surface area contributed by atoms with Gasteiger partial charge < -0.3 is 9.64 Å². The molecular formula is C25H28N2O. The third-order valence-corrected chi connectivity index (χ3v) is 4.68. The zero-order chi connectivity index (χ0) is 19.8. The Bertz CT molecular complexity index is 885. The van der Waals surface area contributed by atoms with Crippen LogP contribution in [0.25, 0.3) is 11.1 Å². The van der Waals surface area contributed by atoms with E-state index in [0.717, 1.165) is 24.3 Å². The number of ether oxygens (including phenoxy) is 1. The molecule has 1 heterocycles. The molecule has 0 saturated carbocycles. The summed E-state index contributed by atoms with van der Waals surface area (Å²) in [6.07, 6.45) is 4.70. The lowest BCUT2D eigenvalue weighted by atomic mass is 9.89. The zero-order valence-electron chi connectivity index (χ0n) is 16.9. The first-order valence-corrected chi connectivity index (χ1v) is 9.76. The second kappa shape index (κ2) is 9.86. The molecule has 1 aromatic heterocycles. The van der Waals surface area contributed by atoms with Crippen LogP contribution >= 0.6 is 0 Å². The molecule has 0 spiro atoms. The van der Waals surface area contributed by atoms with Crippen molar-refractivity contribution in [2.75, 3.05) is 27.2 Å². The molecule has 2 aromatic carbocycles. The smallest absolute Gasteiger partial charge is 0.119 e. The molecule has 0 aliphatic heterocycles. The highest BCUT2D eigenvalue weighted by Crippen LogP contribution is 2.34. The maximum Gasteiger partial charge on any atom is 0.119 e. The summed E-state index contributed by atoms with van der Waals surface area (Å²) in [5.74, 6) is 0.897. The highest BCUT2D eigenvalue weighted by Gasteiger charge is 2.13. The fourth-order valence-electron chi connectivity index (χ4n) is 3.25. The number of hydrogen-bond acceptors (Lipinski definition) is 3. The van der Waals surface area contributed by atoms with Gasteiger partial charge in [-0.2, -0.15) is 0 Å². The van der Waals surface area contributed by atoms with Gasteiger partial charge in [0.2, 0.25) is 0 Å². The summed E-state index contributed by atoms with van der Waals surface area (Å²) < 4.78 is 5.86. The summed E-state index contributed by atoms with van der Waals surface area (Å²) in [5.41, 5.74) is 6.09. The molecule has 0 radical (unpaired) electrons. The van der Waals surface area contributed by atoms with Crippen molar-refractivity contribution in [2.24, 2.45) is 0 Å². The monoisotopic (exact) mass is 372 g/mol. The Morgan fingerprint density at radius 3 is 2.18 bits per heavy atom. The summed E-state index contributed by atoms with van der Waals surface area (Å²) in [5, 5.41) is 0. The standard InChI is InChI=1S/C25H28N2O/c1-4-24(20-9-6-5-7-10-20)25(22-11-8-16-26-19-22)21-12-14-23(15-13-21)28-18-17-27(2)3/h5-16,19H,4,17-18H2,1-3H3/b25-24-. The molecule has 0 unspecified atom stereocenters. The molecular weight excluding hydrogens is 344 g/mol. The number of benzene rings is 2. The first kappa shape index (κ1) is 19.8. The van der Waals surface area contributed by atoms with E-state index in [1.54, 1.807) is 0 Å². The minimum absolute atomic E-state index is 0.682. The van der Waals surface area contributed by atoms with E-state index in [2.05, 4.69) is 77.5 Å². The van der Waals surface area contributed by atoms with E-state index >= 15 is 0 Å². The number of pyridine rings is 1. The van der Waals surface area contributed by atoms with E-state index < -0.39 is 0 Å². The SMILES string of the molecule is CC/C(=C(\c1ccc(OCCN(C)C)cc1)c1cccnc1)c1ccccc1. The van der Waals surface area contributed by atoms with E-state index in [0.29, 0.717) is 6.61 Å². The summed E-state index contributed by atoms with van der Waals surface area (Å²) in [7, 11) is 4.10. The molecule has 0 aliphatic rings. The Kier molecular flexibility index (Phi) is 6.99. The van der Waals surface area contributed by atoms with Gasteiger partial charge in [-0.15, -0.1) is 0 Å². The largest absolute Gasteiger partial charge is 0.492 e. The second-order valence-electron chi connectivity index (χ2n) is 6.99. The van der Waals surface area contributed by atoms with Crippen LogP contribution in [-0.2, 0) is 0 Å². The molecule has 144 valence electrons. The number of likely N-dealkylation sites (N-methyl/N-ethyl adjacent to an activating group) is 1. The van der Waals surface area contributed by atoms with Crippen LogP contribution in [0, 0.1) is 0 Å². The van der Waals surface area contributed by atoms with Gasteiger partial charge in [-0.05, 0) is 61.0 Å². The number of nitrogens with zero attached hydrogens (tertiary/aromatic N) is 2. The average molecular weight is 373 g/mol. The summed E-state index contributed by atoms with van der Waals surface area (Å²) in [6.45, 7) is 3.79. The van der Waals surface area contributed by atoms with Crippen LogP contribution in [0.5, 0.6) is 5.75 Å². The van der Waals surface area contributed by atoms with E-state index in [1.165, 1.54) is 22.3 Å². The van der Waals surface area contributed by atoms with Crippen molar-refractivity contribution in [3.8, 4) is 5.75 Å². The maximum absolute atomic E-state index is 5.86. The molecule has 0 bridgehead atoms. The highest BCUT2D eigenvalue weighted by atomic mass is 16.5. The van der Waals surface area contributed by atoms with Gasteiger partial charge in [0.15, 0.2) is 0 Å². The minimum atomic E-state index is 0.682. The highest BCUT2D eigenvalue weighted by molar-refractivity contribution is 5.98. The molecule has 0 saturated heterocycles. The molecule has 3 aromatic rings. The predicted octanol–water partition coefficient (Wildman–Crippen LogP) is 5.39. The van der Waals surface area contributed by atoms with Crippen molar-refractivity contribution in [1.82, 2.24) is 9.88 Å². The summed E-state index contributed by atoms with van der Waals surface area (Å²) >= 11 is 0. The fraction of sp³-hybridized carbons (Fsp3) is 0.240. The summed E-state index contributed by atoms with van der Waals surface area (Å²) in [4.78, 5) is 6.47. The number of aromatic nitrogens is 1. The van der Waals surface area contributed by atoms with Crippen LogP contribution in [0.15, 0.2) is 79.1 Å². The normalized spacial score (nSPS) is 12.0. The lowest BCUT2D eigenvalue weighted by molar-refractivity contribution is 0.261. The van der Waals surface area contributed by atoms with E-state index in [1.807, 2.05) is 32.6 Å². The third-order valence-electron chi connectivity index (χ3n) is 4.68. The Labute approximate surface area is 168 Å². The Hall–Kier alpha value is -2.91. The first-order valence-electron chi connectivity index (χ1n) is 9.76. The number of allylic oxidation sites excluding steroid dienone is 1. The predicted molar refractivity (Wildman–Crippen MR) is 117 cm³/mol. The summed E-state index contributed by atoms with van der Waals surface area (Å²) in [6, 6.07) is 23.1.